The lowest BCUT2D eigenvalue weighted by Gasteiger charge is -2.38. The summed E-state index contributed by atoms with van der Waals surface area (Å²) in [5, 5.41) is 36.2. The van der Waals surface area contributed by atoms with Crippen LogP contribution in [-0.4, -0.2) is 43.2 Å². The molecule has 13 heavy (non-hydrogen) atoms. The normalized spacial score (nSPS) is 13.2. The minimum absolute atomic E-state index is 0.197. The van der Waals surface area contributed by atoms with Gasteiger partial charge in [0.2, 0.25) is 17.7 Å². The van der Waals surface area contributed by atoms with E-state index in [1.54, 1.807) is 0 Å². The van der Waals surface area contributed by atoms with Crippen molar-refractivity contribution in [1.82, 2.24) is 10.4 Å². The van der Waals surface area contributed by atoms with E-state index < -0.39 is 17.7 Å². The smallest absolute Gasteiger partial charge is 0.243 e. The maximum atomic E-state index is 10.6. The average Bonchev–Trinajstić information content (AvgIpc) is 1.77. The van der Waals surface area contributed by atoms with E-state index in [-0.39, 0.29) is 5.01 Å². The molecule has 78 valence electrons. The largest absolute Gasteiger partial charge is 0.352 e. The van der Waals surface area contributed by atoms with E-state index in [2.05, 4.69) is 0 Å². The van der Waals surface area contributed by atoms with E-state index in [1.165, 1.54) is 0 Å². The molecular weight excluding hydrogens is 180 g/mol. The van der Waals surface area contributed by atoms with Crippen LogP contribution in [0.3, 0.4) is 0 Å². The second-order valence-electron chi connectivity index (χ2n) is 2.95. The van der Waals surface area contributed by atoms with Crippen molar-refractivity contribution in [2.45, 2.75) is 32.6 Å². The summed E-state index contributed by atoms with van der Waals surface area (Å²) in [6, 6.07) is 0. The molecule has 0 bridgehead atoms. The molecule has 7 heteroatoms. The standard InChI is InChI=1S/C6H14N2O5/c1-4(9)7-8(5(2,10)11)6(3,12)13/h10-13H,1-3H3,(H,7,9). The number of carbonyl (C=O) groups is 1. The SMILES string of the molecule is CC(=O)NN(C(C)(O)O)C(C)(O)O. The summed E-state index contributed by atoms with van der Waals surface area (Å²) in [6.07, 6.45) is 0. The molecule has 0 aliphatic heterocycles. The summed E-state index contributed by atoms with van der Waals surface area (Å²) in [5.74, 6) is -5.79. The van der Waals surface area contributed by atoms with Gasteiger partial charge in [0.25, 0.3) is 0 Å². The number of hydrogen-bond donors (Lipinski definition) is 5. The van der Waals surface area contributed by atoms with Gasteiger partial charge in [-0.1, -0.05) is 0 Å². The van der Waals surface area contributed by atoms with Crippen LogP contribution in [0, 0.1) is 0 Å². The van der Waals surface area contributed by atoms with Gasteiger partial charge in [-0.2, -0.15) is 0 Å². The van der Waals surface area contributed by atoms with Gasteiger partial charge >= 0.3 is 0 Å². The Morgan fingerprint density at radius 3 is 1.54 bits per heavy atom. The second kappa shape index (κ2) is 3.56. The molecule has 0 rings (SSSR count). The molecule has 0 aliphatic rings. The first-order valence-corrected chi connectivity index (χ1v) is 3.52. The van der Waals surface area contributed by atoms with Crippen molar-refractivity contribution in [3.63, 3.8) is 0 Å². The number of aliphatic hydroxyl groups is 4. The van der Waals surface area contributed by atoms with Gasteiger partial charge in [-0.25, -0.2) is 0 Å². The molecule has 0 unspecified atom stereocenters. The van der Waals surface area contributed by atoms with Crippen molar-refractivity contribution in [2.75, 3.05) is 0 Å². The molecule has 7 nitrogen and oxygen atoms in total. The zero-order valence-corrected chi connectivity index (χ0v) is 7.64. The third kappa shape index (κ3) is 4.15. The Labute approximate surface area is 75.2 Å². The molecule has 0 saturated heterocycles. The van der Waals surface area contributed by atoms with Crippen molar-refractivity contribution in [2.24, 2.45) is 0 Å². The van der Waals surface area contributed by atoms with E-state index in [9.17, 15) is 4.79 Å². The quantitative estimate of drug-likeness (QED) is 0.254. The number of amides is 1. The van der Waals surface area contributed by atoms with Crippen LogP contribution >= 0.6 is 0 Å². The van der Waals surface area contributed by atoms with Gasteiger partial charge < -0.3 is 20.4 Å². The predicted octanol–water partition coefficient (Wildman–Crippen LogP) is -2.34. The van der Waals surface area contributed by atoms with Gasteiger partial charge in [0.05, 0.1) is 0 Å². The molecule has 0 saturated carbocycles. The molecular formula is C6H14N2O5. The number of nitrogens with zero attached hydrogens (tertiary/aromatic N) is 1. The minimum Gasteiger partial charge on any atom is -0.352 e. The van der Waals surface area contributed by atoms with E-state index in [1.807, 2.05) is 5.43 Å². The Bertz CT molecular complexity index is 178. The lowest BCUT2D eigenvalue weighted by molar-refractivity contribution is -0.384. The number of nitrogens with one attached hydrogen (secondary N) is 1. The molecule has 0 heterocycles. The van der Waals surface area contributed by atoms with E-state index >= 15 is 0 Å². The van der Waals surface area contributed by atoms with Crippen molar-refractivity contribution in [3.05, 3.63) is 0 Å². The zero-order valence-electron chi connectivity index (χ0n) is 7.64. The first-order valence-electron chi connectivity index (χ1n) is 3.52. The fourth-order valence-electron chi connectivity index (χ4n) is 0.770. The highest BCUT2D eigenvalue weighted by Gasteiger charge is 2.40. The summed E-state index contributed by atoms with van der Waals surface area (Å²) in [7, 11) is 0. The highest BCUT2D eigenvalue weighted by Crippen LogP contribution is 2.13. The summed E-state index contributed by atoms with van der Waals surface area (Å²) in [6.45, 7) is 2.83. The molecule has 0 aromatic rings. The number of hydrogen-bond acceptors (Lipinski definition) is 6. The first kappa shape index (κ1) is 12.3. The van der Waals surface area contributed by atoms with Crippen molar-refractivity contribution in [1.29, 1.82) is 0 Å². The van der Waals surface area contributed by atoms with Crippen LogP contribution in [0.25, 0.3) is 0 Å². The molecule has 0 atom stereocenters. The average molecular weight is 194 g/mol. The van der Waals surface area contributed by atoms with Crippen LogP contribution in [0.5, 0.6) is 0 Å². The highest BCUT2D eigenvalue weighted by atomic mass is 16.6. The van der Waals surface area contributed by atoms with Gasteiger partial charge in [0, 0.05) is 20.8 Å². The number of rotatable bonds is 3. The third-order valence-corrected chi connectivity index (χ3v) is 1.12. The Morgan fingerprint density at radius 1 is 1.15 bits per heavy atom. The third-order valence-electron chi connectivity index (χ3n) is 1.12. The van der Waals surface area contributed by atoms with Gasteiger partial charge in [0.1, 0.15) is 0 Å². The summed E-state index contributed by atoms with van der Waals surface area (Å²) in [5.41, 5.74) is 1.85. The summed E-state index contributed by atoms with van der Waals surface area (Å²) < 4.78 is 0. The van der Waals surface area contributed by atoms with Crippen LogP contribution in [0.1, 0.15) is 20.8 Å². The molecule has 0 fully saturated rings. The fourth-order valence-corrected chi connectivity index (χ4v) is 0.770. The lowest BCUT2D eigenvalue weighted by atomic mass is 10.4. The maximum Gasteiger partial charge on any atom is 0.243 e. The maximum absolute atomic E-state index is 10.6. The molecule has 0 radical (unpaired) electrons. The molecule has 0 spiro atoms. The summed E-state index contributed by atoms with van der Waals surface area (Å²) >= 11 is 0. The number of carbonyl (C=O) groups excluding carboxylic acids is 1. The van der Waals surface area contributed by atoms with Crippen molar-refractivity contribution in [3.8, 4) is 0 Å². The Hall–Kier alpha value is -0.730. The van der Waals surface area contributed by atoms with Crippen LogP contribution in [-0.2, 0) is 4.79 Å². The number of hydrazine groups is 1. The van der Waals surface area contributed by atoms with Crippen LogP contribution in [0.4, 0.5) is 0 Å². The van der Waals surface area contributed by atoms with Gasteiger partial charge in [0.15, 0.2) is 0 Å². The first-order chi connectivity index (χ1) is 5.55. The second-order valence-corrected chi connectivity index (χ2v) is 2.95. The van der Waals surface area contributed by atoms with Crippen LogP contribution in [0.2, 0.25) is 0 Å². The molecule has 0 aromatic heterocycles. The van der Waals surface area contributed by atoms with Crippen molar-refractivity contribution < 1.29 is 25.2 Å². The van der Waals surface area contributed by atoms with Crippen LogP contribution < -0.4 is 5.43 Å². The lowest BCUT2D eigenvalue weighted by Crippen LogP contribution is -2.65. The Morgan fingerprint density at radius 2 is 1.46 bits per heavy atom. The Kier molecular flexibility index (Phi) is 3.36. The Balaban J connectivity index is 4.68. The molecule has 1 amide bonds. The van der Waals surface area contributed by atoms with E-state index in [0.717, 1.165) is 20.8 Å². The van der Waals surface area contributed by atoms with E-state index in [4.69, 9.17) is 20.4 Å². The monoisotopic (exact) mass is 194 g/mol. The minimum atomic E-state index is -2.57. The molecule has 5 N–H and O–H groups in total. The fraction of sp³-hybridized carbons (Fsp3) is 0.833. The van der Waals surface area contributed by atoms with E-state index in [0.29, 0.717) is 0 Å². The zero-order chi connectivity index (χ0) is 10.9. The highest BCUT2D eigenvalue weighted by molar-refractivity contribution is 5.72. The van der Waals surface area contributed by atoms with Gasteiger partial charge in [-0.3, -0.25) is 10.2 Å². The summed E-state index contributed by atoms with van der Waals surface area (Å²) in [4.78, 5) is 10.6. The van der Waals surface area contributed by atoms with Gasteiger partial charge in [-0.05, 0) is 0 Å². The van der Waals surface area contributed by atoms with Crippen LogP contribution in [0.15, 0.2) is 0 Å². The topological polar surface area (TPSA) is 113 Å². The molecule has 0 aromatic carbocycles. The molecule has 0 aliphatic carbocycles. The van der Waals surface area contributed by atoms with Crippen molar-refractivity contribution >= 4 is 5.91 Å². The van der Waals surface area contributed by atoms with Gasteiger partial charge in [-0.15, -0.1) is 5.01 Å². The predicted molar refractivity (Wildman–Crippen MR) is 41.3 cm³/mol.